The predicted octanol–water partition coefficient (Wildman–Crippen LogP) is 6.55. The number of para-hydroxylation sites is 1. The molecule has 1 fully saturated rings. The average Bonchev–Trinajstić information content (AvgIpc) is 3.12. The van der Waals surface area contributed by atoms with E-state index in [0.29, 0.717) is 18.7 Å². The van der Waals surface area contributed by atoms with Crippen molar-refractivity contribution in [2.45, 2.75) is 49.9 Å². The standard InChI is InChI=1S/C37H40N2O7S/c1-3-44-35(41)22-39-37(42)38-21-26-8-6-9-28(18-26)29-10-7-11-30(19-29)36-45-31(24-47-34-13-5-4-12-32(34)43-2)20-33(46-36)27-16-14-25(23-40)15-17-27/h4-19,31,33,36,40H,3,20-24H2,1-2H3,(H2,38,39,42). The Balaban J connectivity index is 1.31. The lowest BCUT2D eigenvalue weighted by Crippen LogP contribution is -2.38. The maximum Gasteiger partial charge on any atom is 0.325 e. The Bertz CT molecular complexity index is 1630. The van der Waals surface area contributed by atoms with Crippen LogP contribution in [-0.2, 0) is 32.2 Å². The van der Waals surface area contributed by atoms with E-state index in [0.717, 1.165) is 44.0 Å². The summed E-state index contributed by atoms with van der Waals surface area (Å²) in [6, 6.07) is 31.4. The highest BCUT2D eigenvalue weighted by atomic mass is 32.2. The second kappa shape index (κ2) is 17.0. The summed E-state index contributed by atoms with van der Waals surface area (Å²) in [5.74, 6) is 1.07. The number of thioether (sulfide) groups is 1. The first kappa shape index (κ1) is 34.0. The van der Waals surface area contributed by atoms with Gasteiger partial charge in [-0.2, -0.15) is 0 Å². The molecule has 0 aromatic heterocycles. The number of hydrogen-bond acceptors (Lipinski definition) is 8. The lowest BCUT2D eigenvalue weighted by Gasteiger charge is -2.36. The van der Waals surface area contributed by atoms with E-state index in [1.807, 2.05) is 84.9 Å². The molecule has 246 valence electrons. The van der Waals surface area contributed by atoms with Gasteiger partial charge in [-0.25, -0.2) is 4.79 Å². The third-order valence-corrected chi connectivity index (χ3v) is 8.87. The zero-order chi connectivity index (χ0) is 33.0. The van der Waals surface area contributed by atoms with Crippen molar-refractivity contribution in [3.63, 3.8) is 0 Å². The van der Waals surface area contributed by atoms with E-state index in [1.54, 1.807) is 25.8 Å². The van der Waals surface area contributed by atoms with E-state index in [1.165, 1.54) is 0 Å². The molecule has 0 bridgehead atoms. The van der Waals surface area contributed by atoms with E-state index in [-0.39, 0.29) is 32.0 Å². The van der Waals surface area contributed by atoms with Crippen molar-refractivity contribution < 1.29 is 33.6 Å². The summed E-state index contributed by atoms with van der Waals surface area (Å²) in [6.07, 6.45) is -0.210. The molecular formula is C37H40N2O7S. The number of benzene rings is 4. The molecule has 2 amide bonds. The van der Waals surface area contributed by atoms with E-state index >= 15 is 0 Å². The minimum absolute atomic E-state index is 0.0115. The molecule has 47 heavy (non-hydrogen) atoms. The molecular weight excluding hydrogens is 616 g/mol. The van der Waals surface area contributed by atoms with Gasteiger partial charge < -0.3 is 34.7 Å². The van der Waals surface area contributed by atoms with Gasteiger partial charge in [-0.05, 0) is 59.0 Å². The number of rotatable bonds is 13. The number of hydrogen-bond donors (Lipinski definition) is 3. The number of esters is 1. The Labute approximate surface area is 279 Å². The lowest BCUT2D eigenvalue weighted by molar-refractivity contribution is -0.245. The summed E-state index contributed by atoms with van der Waals surface area (Å²) in [5.41, 5.74) is 5.65. The first-order valence-electron chi connectivity index (χ1n) is 15.6. The molecule has 4 aromatic carbocycles. The lowest BCUT2D eigenvalue weighted by atomic mass is 9.99. The van der Waals surface area contributed by atoms with Crippen LogP contribution in [0.3, 0.4) is 0 Å². The van der Waals surface area contributed by atoms with Crippen molar-refractivity contribution in [1.29, 1.82) is 0 Å². The molecule has 1 heterocycles. The van der Waals surface area contributed by atoms with Gasteiger partial charge in [0.1, 0.15) is 12.3 Å². The highest BCUT2D eigenvalue weighted by Gasteiger charge is 2.32. The highest BCUT2D eigenvalue weighted by Crippen LogP contribution is 2.41. The van der Waals surface area contributed by atoms with Gasteiger partial charge in [0.25, 0.3) is 0 Å². The quantitative estimate of drug-likeness (QED) is 0.110. The molecule has 9 nitrogen and oxygen atoms in total. The molecule has 0 aliphatic carbocycles. The maximum absolute atomic E-state index is 12.2. The van der Waals surface area contributed by atoms with Crippen molar-refractivity contribution in [1.82, 2.24) is 10.6 Å². The molecule has 1 aliphatic rings. The third-order valence-electron chi connectivity index (χ3n) is 7.68. The number of urea groups is 1. The van der Waals surface area contributed by atoms with Crippen LogP contribution in [0.5, 0.6) is 5.75 Å². The van der Waals surface area contributed by atoms with Crippen LogP contribution < -0.4 is 15.4 Å². The van der Waals surface area contributed by atoms with Crippen LogP contribution in [0.1, 0.15) is 48.0 Å². The number of ether oxygens (including phenoxy) is 4. The molecule has 10 heteroatoms. The van der Waals surface area contributed by atoms with Gasteiger partial charge in [0, 0.05) is 29.2 Å². The summed E-state index contributed by atoms with van der Waals surface area (Å²) in [4.78, 5) is 24.7. The van der Waals surface area contributed by atoms with Crippen LogP contribution in [0, 0.1) is 0 Å². The van der Waals surface area contributed by atoms with Gasteiger partial charge >= 0.3 is 12.0 Å². The smallest absolute Gasteiger partial charge is 0.325 e. The van der Waals surface area contributed by atoms with Crippen LogP contribution >= 0.6 is 11.8 Å². The predicted molar refractivity (Wildman–Crippen MR) is 181 cm³/mol. The van der Waals surface area contributed by atoms with Crippen LogP contribution in [0.2, 0.25) is 0 Å². The van der Waals surface area contributed by atoms with Gasteiger partial charge in [0.05, 0.1) is 32.5 Å². The van der Waals surface area contributed by atoms with Gasteiger partial charge in [0.2, 0.25) is 0 Å². The fourth-order valence-electron chi connectivity index (χ4n) is 5.28. The van der Waals surface area contributed by atoms with E-state index < -0.39 is 18.3 Å². The molecule has 0 radical (unpaired) electrons. The maximum atomic E-state index is 12.2. The molecule has 0 saturated carbocycles. The second-order valence-corrected chi connectivity index (χ2v) is 12.0. The number of aliphatic hydroxyl groups excluding tert-OH is 1. The Hall–Kier alpha value is -4.35. The summed E-state index contributed by atoms with van der Waals surface area (Å²) in [7, 11) is 1.68. The van der Waals surface area contributed by atoms with Crippen LogP contribution in [0.4, 0.5) is 4.79 Å². The monoisotopic (exact) mass is 656 g/mol. The Morgan fingerprint density at radius 2 is 1.64 bits per heavy atom. The fraction of sp³-hybridized carbons (Fsp3) is 0.297. The summed E-state index contributed by atoms with van der Waals surface area (Å²) < 4.78 is 23.6. The van der Waals surface area contributed by atoms with Crippen LogP contribution in [0.15, 0.2) is 102 Å². The Morgan fingerprint density at radius 3 is 2.40 bits per heavy atom. The number of methoxy groups -OCH3 is 1. The molecule has 3 unspecified atom stereocenters. The average molecular weight is 657 g/mol. The first-order chi connectivity index (χ1) is 22.9. The largest absolute Gasteiger partial charge is 0.496 e. The Morgan fingerprint density at radius 1 is 0.872 bits per heavy atom. The molecule has 0 spiro atoms. The SMILES string of the molecule is CCOC(=O)CNC(=O)NCc1cccc(-c2cccc(C3OC(CSc4ccccc4OC)CC(c4ccc(CO)cc4)O3)c2)c1. The number of carbonyl (C=O) groups excluding carboxylic acids is 2. The van der Waals surface area contributed by atoms with Crippen molar-refractivity contribution in [3.05, 3.63) is 119 Å². The van der Waals surface area contributed by atoms with Crippen LogP contribution in [-0.4, -0.2) is 49.2 Å². The second-order valence-electron chi connectivity index (χ2n) is 11.0. The fourth-order valence-corrected chi connectivity index (χ4v) is 6.33. The number of carbonyl (C=O) groups is 2. The van der Waals surface area contributed by atoms with Gasteiger partial charge in [-0.1, -0.05) is 72.8 Å². The number of nitrogens with one attached hydrogen (secondary N) is 2. The topological polar surface area (TPSA) is 115 Å². The molecule has 4 aromatic rings. The zero-order valence-corrected chi connectivity index (χ0v) is 27.3. The summed E-state index contributed by atoms with van der Waals surface area (Å²) in [5, 5.41) is 14.8. The van der Waals surface area contributed by atoms with E-state index in [2.05, 4.69) is 22.8 Å². The van der Waals surface area contributed by atoms with Crippen molar-refractivity contribution >= 4 is 23.8 Å². The molecule has 3 N–H and O–H groups in total. The van der Waals surface area contributed by atoms with Gasteiger partial charge in [-0.3, -0.25) is 4.79 Å². The zero-order valence-electron chi connectivity index (χ0n) is 26.5. The molecule has 1 aliphatic heterocycles. The van der Waals surface area contributed by atoms with Crippen molar-refractivity contribution in [2.75, 3.05) is 26.0 Å². The molecule has 3 atom stereocenters. The summed E-state index contributed by atoms with van der Waals surface area (Å²) in [6.45, 7) is 2.07. The highest BCUT2D eigenvalue weighted by molar-refractivity contribution is 7.99. The first-order valence-corrected chi connectivity index (χ1v) is 16.6. The van der Waals surface area contributed by atoms with Crippen LogP contribution in [0.25, 0.3) is 11.1 Å². The van der Waals surface area contributed by atoms with Gasteiger partial charge in [-0.15, -0.1) is 11.8 Å². The number of aliphatic hydroxyl groups is 1. The van der Waals surface area contributed by atoms with Crippen molar-refractivity contribution in [3.8, 4) is 16.9 Å². The van der Waals surface area contributed by atoms with Gasteiger partial charge in [0.15, 0.2) is 6.29 Å². The summed E-state index contributed by atoms with van der Waals surface area (Å²) >= 11 is 1.70. The Kier molecular flexibility index (Phi) is 12.3. The normalized spacial score (nSPS) is 17.5. The minimum atomic E-state index is -0.595. The minimum Gasteiger partial charge on any atom is -0.496 e. The van der Waals surface area contributed by atoms with Crippen molar-refractivity contribution in [2.24, 2.45) is 0 Å². The molecule has 1 saturated heterocycles. The molecule has 5 rings (SSSR count). The van der Waals surface area contributed by atoms with E-state index in [9.17, 15) is 14.7 Å². The number of amides is 2. The third kappa shape index (κ3) is 9.59. The van der Waals surface area contributed by atoms with E-state index in [4.69, 9.17) is 18.9 Å².